The van der Waals surface area contributed by atoms with E-state index >= 15 is 9.18 Å². The van der Waals surface area contributed by atoms with E-state index in [2.05, 4.69) is 43.3 Å². The number of esters is 1. The number of carbonyl (C=O) groups excluding carboxylic acids is 2. The second kappa shape index (κ2) is 35.4. The lowest BCUT2D eigenvalue weighted by atomic mass is 9.68. The molecule has 1 unspecified atom stereocenters. The van der Waals surface area contributed by atoms with Gasteiger partial charge in [0.25, 0.3) is 0 Å². The topological polar surface area (TPSA) is 259 Å². The number of aldehydes is 1. The molecular formula is C70H113FN10O13. The maximum atomic E-state index is 16.0. The van der Waals surface area contributed by atoms with Gasteiger partial charge in [0.2, 0.25) is 0 Å². The zero-order valence-electron chi connectivity index (χ0n) is 59.3. The third-order valence-electron chi connectivity index (χ3n) is 19.7. The van der Waals surface area contributed by atoms with Crippen molar-refractivity contribution in [2.45, 2.75) is 231 Å². The SMILES string of the molecule is C=C1/C=C\C(c2ccc([C@@H](OC)[C@@H](CF)N(N=NC)N(C)[C@H]3C[C@@H](C)O[C@@H](O[C@H]([C@@H](C)[C@H](C4C[C@@](C)(OC)[C@@H](O)[C@H](C)O4)[C@@H](C)C(=O)O[C@H](CC)C(C)(C)OON(NCC4CCN(c5cncc(C)n5)CC4)C(C)C)[C@@](C)(C[C@@H](C)C=O)OC)[C@@H]3O)cc2)=C/CC/C=C/1N. The summed E-state index contributed by atoms with van der Waals surface area (Å²) in [5.74, 6) is -2.34. The van der Waals surface area contributed by atoms with Gasteiger partial charge >= 0.3 is 5.97 Å². The molecule has 0 spiro atoms. The van der Waals surface area contributed by atoms with Crippen LogP contribution in [0.4, 0.5) is 10.2 Å². The van der Waals surface area contributed by atoms with Gasteiger partial charge in [-0.1, -0.05) is 93.2 Å². The van der Waals surface area contributed by atoms with E-state index in [-0.39, 0.29) is 25.3 Å². The number of nitrogens with one attached hydrogen (secondary N) is 1. The monoisotopic (exact) mass is 1320 g/mol. The molecule has 3 fully saturated rings. The standard InChI is InChI=1S/C70H113FN10O13/c1-20-59(68(11,12)93-94-81(43(2)3)75-40-51-31-33-79(34-32-51)60-41-74-39-46(6)76-60)91-66(85)49(9)61(58-37-69(13,87-18)64(84)50(10)90-58)48(8)65(70(14,88-19)36-44(4)42-82)92-67-62(83)56(35-47(7)89-67)78(16)80(77-73-15)57(38-71)63(86-17)54-29-27-53(28-30-54)52-23-21-22-24-55(72)45(5)25-26-52/h23-30,39,41-44,47-51,56-59,61-65,67,75,83-84H,5,20-22,31-38,40,72H2,1-4,6-19H3/b26-25-,52-23+,55-24-,77-73?/t44-,47-,48+,49-,50+,56+,57-,58?,59-,61+,62-,63-,64+,65-,67+,69-,70-/m1/s1. The first-order chi connectivity index (χ1) is 44.5. The second-order valence-electron chi connectivity index (χ2n) is 27.5. The lowest BCUT2D eigenvalue weighted by Gasteiger charge is -2.52. The highest BCUT2D eigenvalue weighted by Gasteiger charge is 2.55. The van der Waals surface area contributed by atoms with E-state index in [0.717, 1.165) is 73.3 Å². The first kappa shape index (κ1) is 77.8. The van der Waals surface area contributed by atoms with Crippen LogP contribution >= 0.6 is 0 Å². The number of hydrogen-bond acceptors (Lipinski definition) is 22. The Bertz CT molecular complexity index is 2840. The molecule has 3 saturated heterocycles. The Kier molecular flexibility index (Phi) is 29.3. The number of alkyl halides is 1. The summed E-state index contributed by atoms with van der Waals surface area (Å²) in [5, 5.41) is 37.7. The number of benzene rings is 1. The molecule has 3 aliphatic heterocycles. The number of halogens is 1. The Hall–Kier alpha value is -5.19. The van der Waals surface area contributed by atoms with Gasteiger partial charge in [-0.05, 0) is 141 Å². The van der Waals surface area contributed by atoms with E-state index in [0.29, 0.717) is 30.1 Å². The van der Waals surface area contributed by atoms with Crippen LogP contribution < -0.4 is 16.1 Å². The van der Waals surface area contributed by atoms with Gasteiger partial charge in [-0.15, -0.1) is 4.99 Å². The molecule has 94 heavy (non-hydrogen) atoms. The first-order valence-electron chi connectivity index (χ1n) is 33.6. The molecule has 17 atom stereocenters. The van der Waals surface area contributed by atoms with E-state index in [1.165, 1.54) is 33.5 Å². The Morgan fingerprint density at radius 1 is 1.03 bits per heavy atom. The molecule has 5 N–H and O–H groups in total. The maximum Gasteiger partial charge on any atom is 0.309 e. The largest absolute Gasteiger partial charge is 0.459 e. The summed E-state index contributed by atoms with van der Waals surface area (Å²) in [6.45, 7) is 29.7. The van der Waals surface area contributed by atoms with Gasteiger partial charge in [0, 0.05) is 84.2 Å². The summed E-state index contributed by atoms with van der Waals surface area (Å²) in [4.78, 5) is 51.5. The molecule has 0 radical (unpaired) electrons. The number of likely N-dealkylation sites (N-methyl/N-ethyl adjacent to an activating group) is 1. The molecule has 1 aromatic carbocycles. The minimum absolute atomic E-state index is 0.140. The fraction of sp³-hybridized carbons (Fsp3) is 0.714. The van der Waals surface area contributed by atoms with Crippen molar-refractivity contribution >= 4 is 23.6 Å². The number of aryl methyl sites for hydroxylation is 1. The molecule has 6 rings (SSSR count). The average molecular weight is 1320 g/mol. The second-order valence-corrected chi connectivity index (χ2v) is 27.5. The van der Waals surface area contributed by atoms with Gasteiger partial charge in [0.05, 0.1) is 66.5 Å². The number of methoxy groups -OCH3 is 3. The van der Waals surface area contributed by atoms with Gasteiger partial charge < -0.3 is 58.8 Å². The maximum absolute atomic E-state index is 16.0. The van der Waals surface area contributed by atoms with E-state index < -0.39 is 120 Å². The Balaban J connectivity index is 1.27. The van der Waals surface area contributed by atoms with Gasteiger partial charge in [-0.2, -0.15) is 15.2 Å². The number of aliphatic hydroxyl groups excluding tert-OH is 2. The number of anilines is 1. The molecule has 1 aromatic heterocycles. The number of nitrogens with two attached hydrogens (primary N) is 1. The van der Waals surface area contributed by atoms with E-state index in [1.54, 1.807) is 44.2 Å². The highest BCUT2D eigenvalue weighted by molar-refractivity contribution is 5.75. The van der Waals surface area contributed by atoms with Crippen LogP contribution in [0, 0.1) is 36.5 Å². The van der Waals surface area contributed by atoms with Gasteiger partial charge in [0.15, 0.2) is 6.29 Å². The highest BCUT2D eigenvalue weighted by atomic mass is 19.1. The highest BCUT2D eigenvalue weighted by Crippen LogP contribution is 2.46. The lowest BCUT2D eigenvalue weighted by Crippen LogP contribution is -2.63. The summed E-state index contributed by atoms with van der Waals surface area (Å²) in [5.41, 5.74) is 10.9. The third-order valence-corrected chi connectivity index (χ3v) is 19.7. The quantitative estimate of drug-likeness (QED) is 0.0170. The minimum Gasteiger partial charge on any atom is -0.459 e. The predicted molar refractivity (Wildman–Crippen MR) is 358 cm³/mol. The van der Waals surface area contributed by atoms with Crippen LogP contribution in [-0.4, -0.2) is 193 Å². The summed E-state index contributed by atoms with van der Waals surface area (Å²) in [6, 6.07) is 5.69. The van der Waals surface area contributed by atoms with Crippen molar-refractivity contribution in [1.29, 1.82) is 0 Å². The molecule has 23 nitrogen and oxygen atoms in total. The molecule has 0 amide bonds. The molecule has 1 aliphatic carbocycles. The summed E-state index contributed by atoms with van der Waals surface area (Å²) < 4.78 is 61.8. The number of aromatic nitrogens is 2. The third kappa shape index (κ3) is 19.6. The number of aliphatic hydroxyl groups is 2. The molecule has 4 aliphatic rings. The van der Waals surface area contributed by atoms with Crippen molar-refractivity contribution in [1.82, 2.24) is 30.7 Å². The van der Waals surface area contributed by atoms with Crippen LogP contribution in [0.1, 0.15) is 157 Å². The van der Waals surface area contributed by atoms with E-state index in [9.17, 15) is 15.0 Å². The zero-order chi connectivity index (χ0) is 69.4. The van der Waals surface area contributed by atoms with Crippen molar-refractivity contribution in [3.8, 4) is 0 Å². The number of allylic oxidation sites excluding steroid dienone is 5. The fourth-order valence-electron chi connectivity index (χ4n) is 13.9. The molecule has 528 valence electrons. The van der Waals surface area contributed by atoms with E-state index in [4.69, 9.17) is 48.8 Å². The van der Waals surface area contributed by atoms with Crippen molar-refractivity contribution in [3.05, 3.63) is 95.6 Å². The molecule has 0 bridgehead atoms. The number of ether oxygens (including phenoxy) is 7. The van der Waals surface area contributed by atoms with Crippen molar-refractivity contribution in [3.63, 3.8) is 0 Å². The van der Waals surface area contributed by atoms with Crippen LogP contribution in [-0.2, 0) is 52.6 Å². The number of hydrogen-bond donors (Lipinski definition) is 4. The van der Waals surface area contributed by atoms with Crippen molar-refractivity contribution < 1.29 is 67.2 Å². The number of hydroxylamine groups is 1. The molecule has 24 heteroatoms. The van der Waals surface area contributed by atoms with Crippen LogP contribution in [0.2, 0.25) is 0 Å². The van der Waals surface area contributed by atoms with Gasteiger partial charge in [0.1, 0.15) is 54.8 Å². The molecular weight excluding hydrogens is 1210 g/mol. The number of nitrogens with zero attached hydrogens (tertiary/aromatic N) is 8. The van der Waals surface area contributed by atoms with Crippen LogP contribution in [0.3, 0.4) is 0 Å². The fourth-order valence-corrected chi connectivity index (χ4v) is 13.9. The van der Waals surface area contributed by atoms with Crippen LogP contribution in [0.25, 0.3) is 5.57 Å². The minimum atomic E-state index is -1.43. The number of piperidine rings is 1. The van der Waals surface area contributed by atoms with E-state index in [1.807, 2.05) is 118 Å². The Labute approximate surface area is 558 Å². The van der Waals surface area contributed by atoms with Crippen molar-refractivity contribution in [2.75, 3.05) is 66.6 Å². The zero-order valence-corrected chi connectivity index (χ0v) is 59.3. The normalized spacial score (nSPS) is 28.4. The smallest absolute Gasteiger partial charge is 0.309 e. The molecule has 0 saturated carbocycles. The van der Waals surface area contributed by atoms with Crippen LogP contribution in [0.5, 0.6) is 0 Å². The molecule has 2 aromatic rings. The van der Waals surface area contributed by atoms with Crippen LogP contribution in [0.15, 0.2) is 89.1 Å². The van der Waals surface area contributed by atoms with Gasteiger partial charge in [-0.25, -0.2) is 19.7 Å². The first-order valence-corrected chi connectivity index (χ1v) is 33.6. The summed E-state index contributed by atoms with van der Waals surface area (Å²) in [6.07, 6.45) is 8.07. The Morgan fingerprint density at radius 2 is 1.71 bits per heavy atom. The average Bonchev–Trinajstić information content (AvgIpc) is 0.786. The summed E-state index contributed by atoms with van der Waals surface area (Å²) in [7, 11) is 7.76. The van der Waals surface area contributed by atoms with Crippen molar-refractivity contribution in [2.24, 2.45) is 45.7 Å². The summed E-state index contributed by atoms with van der Waals surface area (Å²) >= 11 is 0. The number of carbonyl (C=O) groups is 2. The lowest BCUT2D eigenvalue weighted by molar-refractivity contribution is -0.491. The number of rotatable bonds is 33. The predicted octanol–water partition coefficient (Wildman–Crippen LogP) is 9.90. The number of hydrazine groups is 2. The Morgan fingerprint density at radius 3 is 2.31 bits per heavy atom. The van der Waals surface area contributed by atoms with Gasteiger partial charge in [-0.3, -0.25) is 9.78 Å². The molecule has 4 heterocycles.